The van der Waals surface area contributed by atoms with E-state index in [1.54, 1.807) is 23.7 Å². The number of anilines is 1. The van der Waals surface area contributed by atoms with Crippen molar-refractivity contribution in [1.29, 1.82) is 0 Å². The first kappa shape index (κ1) is 18.8. The second kappa shape index (κ2) is 7.85. The number of nitrogens with zero attached hydrogens (tertiary/aromatic N) is 2. The third-order valence-electron chi connectivity index (χ3n) is 5.26. The molecule has 1 aromatic heterocycles. The van der Waals surface area contributed by atoms with Gasteiger partial charge in [-0.1, -0.05) is 23.5 Å². The standard InChI is InChI=1S/C21H22FN3O2S/c1-24-18-9-8-17(11-19(18)28-21(24)27)23-20(26)15-3-2-10-25(13-15)12-14-4-6-16(22)7-5-14/h4-9,11,15H,2-3,10,12-13H2,1H3,(H,23,26)/t15-/m0/s1. The van der Waals surface area contributed by atoms with Gasteiger partial charge in [0.15, 0.2) is 0 Å². The van der Waals surface area contributed by atoms with Crippen molar-refractivity contribution in [1.82, 2.24) is 9.47 Å². The Bertz CT molecular complexity index is 1060. The molecule has 4 rings (SSSR count). The number of halogens is 1. The van der Waals surface area contributed by atoms with Gasteiger partial charge in [-0.05, 0) is 55.3 Å². The Morgan fingerprint density at radius 2 is 2.04 bits per heavy atom. The number of rotatable bonds is 4. The van der Waals surface area contributed by atoms with Gasteiger partial charge in [0.1, 0.15) is 5.82 Å². The van der Waals surface area contributed by atoms with E-state index >= 15 is 0 Å². The van der Waals surface area contributed by atoms with Gasteiger partial charge in [-0.15, -0.1) is 0 Å². The fraction of sp³-hybridized carbons (Fsp3) is 0.333. The van der Waals surface area contributed by atoms with E-state index in [0.29, 0.717) is 13.1 Å². The lowest BCUT2D eigenvalue weighted by Crippen LogP contribution is -2.40. The highest BCUT2D eigenvalue weighted by molar-refractivity contribution is 7.16. The van der Waals surface area contributed by atoms with Crippen molar-refractivity contribution in [3.05, 3.63) is 63.5 Å². The number of thiazole rings is 1. The molecule has 0 spiro atoms. The van der Waals surface area contributed by atoms with Gasteiger partial charge < -0.3 is 9.88 Å². The van der Waals surface area contributed by atoms with E-state index in [2.05, 4.69) is 10.2 Å². The first-order chi connectivity index (χ1) is 13.5. The number of aromatic nitrogens is 1. The minimum atomic E-state index is -0.236. The monoisotopic (exact) mass is 399 g/mol. The van der Waals surface area contributed by atoms with Crippen LogP contribution in [0.25, 0.3) is 10.2 Å². The average Bonchev–Trinajstić information content (AvgIpc) is 2.97. The van der Waals surface area contributed by atoms with Crippen molar-refractivity contribution >= 4 is 33.1 Å². The summed E-state index contributed by atoms with van der Waals surface area (Å²) in [4.78, 5) is 26.8. The molecule has 0 saturated carbocycles. The lowest BCUT2D eigenvalue weighted by molar-refractivity contribution is -0.121. The molecule has 3 aromatic rings. The minimum Gasteiger partial charge on any atom is -0.326 e. The number of amides is 1. The maximum absolute atomic E-state index is 13.1. The third-order valence-corrected chi connectivity index (χ3v) is 6.25. The smallest absolute Gasteiger partial charge is 0.307 e. The maximum Gasteiger partial charge on any atom is 0.307 e. The molecule has 1 atom stereocenters. The summed E-state index contributed by atoms with van der Waals surface area (Å²) in [6.45, 7) is 2.34. The zero-order valence-electron chi connectivity index (χ0n) is 15.7. The van der Waals surface area contributed by atoms with Gasteiger partial charge in [0.2, 0.25) is 5.91 Å². The number of aryl methyl sites for hydroxylation is 1. The van der Waals surface area contributed by atoms with E-state index in [-0.39, 0.29) is 22.5 Å². The van der Waals surface area contributed by atoms with Crippen LogP contribution in [0.15, 0.2) is 47.3 Å². The Morgan fingerprint density at radius 3 is 2.82 bits per heavy atom. The summed E-state index contributed by atoms with van der Waals surface area (Å²) in [5.41, 5.74) is 2.64. The van der Waals surface area contributed by atoms with Crippen molar-refractivity contribution in [3.63, 3.8) is 0 Å². The van der Waals surface area contributed by atoms with Gasteiger partial charge in [-0.25, -0.2) is 4.39 Å². The summed E-state index contributed by atoms with van der Waals surface area (Å²) < 4.78 is 15.6. The second-order valence-electron chi connectivity index (χ2n) is 7.30. The topological polar surface area (TPSA) is 54.3 Å². The van der Waals surface area contributed by atoms with E-state index in [9.17, 15) is 14.0 Å². The number of hydrogen-bond donors (Lipinski definition) is 1. The Kier molecular flexibility index (Phi) is 5.28. The summed E-state index contributed by atoms with van der Waals surface area (Å²) in [5, 5.41) is 3.00. The number of likely N-dealkylation sites (tertiary alicyclic amines) is 1. The highest BCUT2D eigenvalue weighted by atomic mass is 32.1. The van der Waals surface area contributed by atoms with E-state index < -0.39 is 0 Å². The number of benzene rings is 2. The average molecular weight is 399 g/mol. The van der Waals surface area contributed by atoms with Gasteiger partial charge in [-0.3, -0.25) is 14.5 Å². The predicted octanol–water partition coefficient (Wildman–Crippen LogP) is 3.59. The maximum atomic E-state index is 13.1. The van der Waals surface area contributed by atoms with Crippen LogP contribution < -0.4 is 10.2 Å². The highest BCUT2D eigenvalue weighted by Crippen LogP contribution is 2.24. The van der Waals surface area contributed by atoms with Crippen LogP contribution in [0.1, 0.15) is 18.4 Å². The number of piperidine rings is 1. The van der Waals surface area contributed by atoms with E-state index in [4.69, 9.17) is 0 Å². The quantitative estimate of drug-likeness (QED) is 0.730. The zero-order valence-corrected chi connectivity index (χ0v) is 16.5. The van der Waals surface area contributed by atoms with Crippen LogP contribution in [0.3, 0.4) is 0 Å². The Labute approximate surface area is 166 Å². The van der Waals surface area contributed by atoms with Crippen LogP contribution in [0, 0.1) is 11.7 Å². The normalized spacial score (nSPS) is 17.7. The van der Waals surface area contributed by atoms with Crippen LogP contribution in [-0.4, -0.2) is 28.5 Å². The SMILES string of the molecule is Cn1c(=O)sc2cc(NC(=O)[C@H]3CCCN(Cc4ccc(F)cc4)C3)ccc21. The molecule has 2 aromatic carbocycles. The summed E-state index contributed by atoms with van der Waals surface area (Å²) in [7, 11) is 1.75. The Morgan fingerprint density at radius 1 is 1.25 bits per heavy atom. The molecular weight excluding hydrogens is 377 g/mol. The molecule has 1 fully saturated rings. The molecule has 1 saturated heterocycles. The molecule has 0 radical (unpaired) electrons. The lowest BCUT2D eigenvalue weighted by atomic mass is 9.96. The third kappa shape index (κ3) is 4.00. The molecule has 1 N–H and O–H groups in total. The van der Waals surface area contributed by atoms with Crippen LogP contribution in [0.4, 0.5) is 10.1 Å². The van der Waals surface area contributed by atoms with Crippen molar-refractivity contribution in [2.75, 3.05) is 18.4 Å². The minimum absolute atomic E-state index is 0.00596. The molecule has 146 valence electrons. The summed E-state index contributed by atoms with van der Waals surface area (Å²) in [6.07, 6.45) is 1.81. The molecule has 7 heteroatoms. The molecule has 5 nitrogen and oxygen atoms in total. The molecule has 1 amide bonds. The van der Waals surface area contributed by atoms with Gasteiger partial charge in [0.05, 0.1) is 16.1 Å². The molecule has 0 unspecified atom stereocenters. The molecule has 0 bridgehead atoms. The van der Waals surface area contributed by atoms with Gasteiger partial charge in [-0.2, -0.15) is 0 Å². The van der Waals surface area contributed by atoms with Crippen LogP contribution in [0.2, 0.25) is 0 Å². The van der Waals surface area contributed by atoms with Crippen molar-refractivity contribution in [3.8, 4) is 0 Å². The molecule has 1 aliphatic heterocycles. The fourth-order valence-corrected chi connectivity index (χ4v) is 4.64. The van der Waals surface area contributed by atoms with Gasteiger partial charge in [0.25, 0.3) is 0 Å². The number of carbonyl (C=O) groups is 1. The van der Waals surface area contributed by atoms with E-state index in [1.807, 2.05) is 18.2 Å². The predicted molar refractivity (Wildman–Crippen MR) is 110 cm³/mol. The number of hydrogen-bond acceptors (Lipinski definition) is 4. The lowest BCUT2D eigenvalue weighted by Gasteiger charge is -2.32. The van der Waals surface area contributed by atoms with Crippen LogP contribution in [-0.2, 0) is 18.4 Å². The van der Waals surface area contributed by atoms with Crippen LogP contribution >= 0.6 is 11.3 Å². The first-order valence-electron chi connectivity index (χ1n) is 9.37. The molecule has 2 heterocycles. The Balaban J connectivity index is 1.41. The number of carbonyl (C=O) groups excluding carboxylic acids is 1. The molecule has 28 heavy (non-hydrogen) atoms. The number of fused-ring (bicyclic) bond motifs is 1. The van der Waals surface area contributed by atoms with Gasteiger partial charge in [0, 0.05) is 25.8 Å². The summed E-state index contributed by atoms with van der Waals surface area (Å²) in [6, 6.07) is 12.1. The second-order valence-corrected chi connectivity index (χ2v) is 8.29. The fourth-order valence-electron chi connectivity index (χ4n) is 3.72. The van der Waals surface area contributed by atoms with Crippen molar-refractivity contribution < 1.29 is 9.18 Å². The number of nitrogens with one attached hydrogen (secondary N) is 1. The van der Waals surface area contributed by atoms with E-state index in [0.717, 1.165) is 40.9 Å². The van der Waals surface area contributed by atoms with Gasteiger partial charge >= 0.3 is 4.87 Å². The largest absolute Gasteiger partial charge is 0.326 e. The molecule has 1 aliphatic rings. The highest BCUT2D eigenvalue weighted by Gasteiger charge is 2.26. The molecular formula is C21H22FN3O2S. The van der Waals surface area contributed by atoms with E-state index in [1.165, 1.54) is 23.5 Å². The zero-order chi connectivity index (χ0) is 19.7. The van der Waals surface area contributed by atoms with Crippen LogP contribution in [0.5, 0.6) is 0 Å². The summed E-state index contributed by atoms with van der Waals surface area (Å²) in [5.74, 6) is -0.314. The Hall–Kier alpha value is -2.51. The van der Waals surface area contributed by atoms with Crippen molar-refractivity contribution in [2.45, 2.75) is 19.4 Å². The summed E-state index contributed by atoms with van der Waals surface area (Å²) >= 11 is 1.18. The molecule has 0 aliphatic carbocycles. The first-order valence-corrected chi connectivity index (χ1v) is 10.2. The van der Waals surface area contributed by atoms with Crippen molar-refractivity contribution in [2.24, 2.45) is 13.0 Å².